The van der Waals surface area contributed by atoms with E-state index in [-0.39, 0.29) is 22.5 Å². The molecule has 2 aromatic rings. The largest absolute Gasteiger partial charge is 0.504 e. The Morgan fingerprint density at radius 2 is 1.94 bits per heavy atom. The van der Waals surface area contributed by atoms with Gasteiger partial charge < -0.3 is 14.6 Å². The highest BCUT2D eigenvalue weighted by Crippen LogP contribution is 2.34. The van der Waals surface area contributed by atoms with Gasteiger partial charge in [0.15, 0.2) is 22.4 Å². The molecule has 1 heterocycles. The standard InChI is InChI=1S/C11H9ClN2O3/c1-16-9-6-10(12)13-14-11(9)17-8-5-3-2-4-7(8)15/h2-6,15H,1H3. The number of para-hydroxylation sites is 2. The van der Waals surface area contributed by atoms with E-state index in [1.807, 2.05) is 0 Å². The van der Waals surface area contributed by atoms with Crippen LogP contribution < -0.4 is 9.47 Å². The van der Waals surface area contributed by atoms with Crippen LogP contribution in [0.2, 0.25) is 5.15 Å². The van der Waals surface area contributed by atoms with Crippen molar-refractivity contribution >= 4 is 11.6 Å². The van der Waals surface area contributed by atoms with Gasteiger partial charge >= 0.3 is 0 Å². The van der Waals surface area contributed by atoms with Crippen LogP contribution in [-0.4, -0.2) is 22.4 Å². The first-order chi connectivity index (χ1) is 8.20. The Kier molecular flexibility index (Phi) is 3.30. The summed E-state index contributed by atoms with van der Waals surface area (Å²) in [5.41, 5.74) is 0. The van der Waals surface area contributed by atoms with E-state index in [9.17, 15) is 5.11 Å². The number of hydrogen-bond acceptors (Lipinski definition) is 5. The van der Waals surface area contributed by atoms with Gasteiger partial charge in [0.05, 0.1) is 7.11 Å². The minimum Gasteiger partial charge on any atom is -0.504 e. The summed E-state index contributed by atoms with van der Waals surface area (Å²) in [5.74, 6) is 0.750. The van der Waals surface area contributed by atoms with Crippen LogP contribution in [0.5, 0.6) is 23.1 Å². The number of rotatable bonds is 3. The number of benzene rings is 1. The molecule has 0 aliphatic heterocycles. The molecular weight excluding hydrogens is 244 g/mol. The minimum absolute atomic E-state index is 0.00584. The zero-order chi connectivity index (χ0) is 12.3. The zero-order valence-corrected chi connectivity index (χ0v) is 9.68. The Labute approximate surface area is 103 Å². The third-order valence-electron chi connectivity index (χ3n) is 1.99. The van der Waals surface area contributed by atoms with E-state index < -0.39 is 0 Å². The van der Waals surface area contributed by atoms with E-state index in [0.717, 1.165) is 0 Å². The summed E-state index contributed by atoms with van der Waals surface area (Å²) in [5, 5.41) is 17.1. The summed E-state index contributed by atoms with van der Waals surface area (Å²) >= 11 is 5.67. The average Bonchev–Trinajstić information content (AvgIpc) is 2.34. The van der Waals surface area contributed by atoms with Crippen LogP contribution in [-0.2, 0) is 0 Å². The molecule has 1 N–H and O–H groups in total. The average molecular weight is 253 g/mol. The first kappa shape index (κ1) is 11.5. The predicted molar refractivity (Wildman–Crippen MR) is 61.8 cm³/mol. The fourth-order valence-corrected chi connectivity index (χ4v) is 1.34. The Bertz CT molecular complexity index is 534. The Morgan fingerprint density at radius 3 is 2.65 bits per heavy atom. The molecule has 0 saturated heterocycles. The Hall–Kier alpha value is -2.01. The molecule has 0 unspecified atom stereocenters. The molecule has 0 spiro atoms. The number of halogens is 1. The van der Waals surface area contributed by atoms with Gasteiger partial charge in [0.2, 0.25) is 0 Å². The van der Waals surface area contributed by atoms with E-state index in [4.69, 9.17) is 21.1 Å². The van der Waals surface area contributed by atoms with Gasteiger partial charge in [-0.15, -0.1) is 10.2 Å². The molecule has 2 rings (SSSR count). The second kappa shape index (κ2) is 4.88. The molecular formula is C11H9ClN2O3. The maximum atomic E-state index is 9.55. The zero-order valence-electron chi connectivity index (χ0n) is 8.92. The molecule has 0 amide bonds. The topological polar surface area (TPSA) is 64.5 Å². The lowest BCUT2D eigenvalue weighted by Gasteiger charge is -2.09. The molecule has 0 fully saturated rings. The van der Waals surface area contributed by atoms with E-state index in [0.29, 0.717) is 5.75 Å². The van der Waals surface area contributed by atoms with Gasteiger partial charge in [-0.05, 0) is 12.1 Å². The minimum atomic E-state index is 0.00584. The number of methoxy groups -OCH3 is 1. The number of aromatic hydroxyl groups is 1. The molecule has 0 radical (unpaired) electrons. The van der Waals surface area contributed by atoms with Crippen LogP contribution in [0, 0.1) is 0 Å². The monoisotopic (exact) mass is 252 g/mol. The molecule has 5 nitrogen and oxygen atoms in total. The number of phenols is 1. The maximum absolute atomic E-state index is 9.55. The van der Waals surface area contributed by atoms with Crippen LogP contribution >= 0.6 is 11.6 Å². The van der Waals surface area contributed by atoms with Crippen LogP contribution in [0.3, 0.4) is 0 Å². The number of hydrogen-bond donors (Lipinski definition) is 1. The molecule has 0 aliphatic rings. The molecule has 0 aliphatic carbocycles. The molecule has 0 atom stereocenters. The SMILES string of the molecule is COc1cc(Cl)nnc1Oc1ccccc1O. The van der Waals surface area contributed by atoms with Gasteiger partial charge in [0.25, 0.3) is 5.88 Å². The number of nitrogens with zero attached hydrogens (tertiary/aromatic N) is 2. The Morgan fingerprint density at radius 1 is 1.18 bits per heavy atom. The van der Waals surface area contributed by atoms with Crippen LogP contribution in [0.1, 0.15) is 0 Å². The predicted octanol–water partition coefficient (Wildman–Crippen LogP) is 2.64. The van der Waals surface area contributed by atoms with Crippen molar-refractivity contribution in [3.8, 4) is 23.1 Å². The van der Waals surface area contributed by atoms with Crippen molar-refractivity contribution in [1.82, 2.24) is 10.2 Å². The van der Waals surface area contributed by atoms with Crippen molar-refractivity contribution in [2.45, 2.75) is 0 Å². The van der Waals surface area contributed by atoms with Gasteiger partial charge in [0.1, 0.15) is 0 Å². The first-order valence-electron chi connectivity index (χ1n) is 4.74. The fourth-order valence-electron chi connectivity index (χ4n) is 1.21. The van der Waals surface area contributed by atoms with Gasteiger partial charge in [-0.25, -0.2) is 0 Å². The van der Waals surface area contributed by atoms with E-state index in [1.54, 1.807) is 18.2 Å². The lowest BCUT2D eigenvalue weighted by molar-refractivity contribution is 0.353. The summed E-state index contributed by atoms with van der Waals surface area (Å²) in [6, 6.07) is 8.00. The molecule has 6 heteroatoms. The van der Waals surface area contributed by atoms with Crippen LogP contribution in [0.15, 0.2) is 30.3 Å². The lowest BCUT2D eigenvalue weighted by atomic mass is 10.3. The Balaban J connectivity index is 2.33. The highest BCUT2D eigenvalue weighted by atomic mass is 35.5. The van der Waals surface area contributed by atoms with Gasteiger partial charge in [-0.2, -0.15) is 0 Å². The maximum Gasteiger partial charge on any atom is 0.282 e. The molecule has 0 bridgehead atoms. The van der Waals surface area contributed by atoms with E-state index in [2.05, 4.69) is 10.2 Å². The third-order valence-corrected chi connectivity index (χ3v) is 2.17. The van der Waals surface area contributed by atoms with Gasteiger partial charge in [-0.1, -0.05) is 23.7 Å². The summed E-state index contributed by atoms with van der Waals surface area (Å²) in [7, 11) is 1.46. The number of ether oxygens (including phenoxy) is 2. The van der Waals surface area contributed by atoms with Crippen molar-refractivity contribution < 1.29 is 14.6 Å². The summed E-state index contributed by atoms with van der Waals surface area (Å²) in [6.07, 6.45) is 0. The van der Waals surface area contributed by atoms with Crippen molar-refractivity contribution in [1.29, 1.82) is 0 Å². The number of phenolic OH excluding ortho intramolecular Hbond substituents is 1. The summed E-state index contributed by atoms with van der Waals surface area (Å²) in [6.45, 7) is 0. The fraction of sp³-hybridized carbons (Fsp3) is 0.0909. The second-order valence-electron chi connectivity index (χ2n) is 3.11. The smallest absolute Gasteiger partial charge is 0.282 e. The van der Waals surface area contributed by atoms with Crippen LogP contribution in [0.25, 0.3) is 0 Å². The summed E-state index contributed by atoms with van der Waals surface area (Å²) in [4.78, 5) is 0. The molecule has 1 aromatic heterocycles. The first-order valence-corrected chi connectivity index (χ1v) is 5.11. The van der Waals surface area contributed by atoms with Crippen molar-refractivity contribution in [2.24, 2.45) is 0 Å². The van der Waals surface area contributed by atoms with E-state index >= 15 is 0 Å². The molecule has 0 saturated carbocycles. The van der Waals surface area contributed by atoms with Crippen LogP contribution in [0.4, 0.5) is 0 Å². The van der Waals surface area contributed by atoms with Gasteiger partial charge in [0, 0.05) is 6.07 Å². The van der Waals surface area contributed by atoms with Crippen molar-refractivity contribution in [3.63, 3.8) is 0 Å². The number of aromatic nitrogens is 2. The van der Waals surface area contributed by atoms with Gasteiger partial charge in [-0.3, -0.25) is 0 Å². The normalized spacial score (nSPS) is 10.0. The second-order valence-corrected chi connectivity index (χ2v) is 3.50. The third kappa shape index (κ3) is 2.57. The quantitative estimate of drug-likeness (QED) is 0.910. The molecule has 88 valence electrons. The van der Waals surface area contributed by atoms with Crippen molar-refractivity contribution in [2.75, 3.05) is 7.11 Å². The van der Waals surface area contributed by atoms with E-state index in [1.165, 1.54) is 19.2 Å². The highest BCUT2D eigenvalue weighted by molar-refractivity contribution is 6.29. The highest BCUT2D eigenvalue weighted by Gasteiger charge is 2.11. The summed E-state index contributed by atoms with van der Waals surface area (Å²) < 4.78 is 10.4. The molecule has 1 aromatic carbocycles. The van der Waals surface area contributed by atoms with Crippen molar-refractivity contribution in [3.05, 3.63) is 35.5 Å². The lowest BCUT2D eigenvalue weighted by Crippen LogP contribution is -1.95. The molecule has 17 heavy (non-hydrogen) atoms.